The summed E-state index contributed by atoms with van der Waals surface area (Å²) in [4.78, 5) is 11.4. The fourth-order valence-electron chi connectivity index (χ4n) is 2.04. The van der Waals surface area contributed by atoms with E-state index in [4.69, 9.17) is 11.6 Å². The molecule has 0 unspecified atom stereocenters. The molecule has 1 amide bonds. The lowest BCUT2D eigenvalue weighted by atomic mass is 10.3. The molecule has 0 radical (unpaired) electrons. The first-order valence-corrected chi connectivity index (χ1v) is 9.02. The molecule has 2 aromatic rings. The van der Waals surface area contributed by atoms with E-state index in [2.05, 4.69) is 5.10 Å². The molecule has 0 saturated carbocycles. The van der Waals surface area contributed by atoms with Crippen LogP contribution in [0.25, 0.3) is 5.69 Å². The molecule has 0 saturated heterocycles. The van der Waals surface area contributed by atoms with Crippen molar-refractivity contribution in [3.05, 3.63) is 46.7 Å². The molecule has 1 aromatic carbocycles. The van der Waals surface area contributed by atoms with Gasteiger partial charge in [0, 0.05) is 16.4 Å². The molecule has 1 atom stereocenters. The van der Waals surface area contributed by atoms with Crippen LogP contribution in [0.5, 0.6) is 0 Å². The number of rotatable bonds is 6. The number of nitrogens with zero attached hydrogens (tertiary/aromatic N) is 2. The Morgan fingerprint density at radius 2 is 1.96 bits per heavy atom. The van der Waals surface area contributed by atoms with Crippen molar-refractivity contribution in [1.82, 2.24) is 15.1 Å². The van der Waals surface area contributed by atoms with Crippen LogP contribution in [0.15, 0.2) is 30.3 Å². The predicted octanol–water partition coefficient (Wildman–Crippen LogP) is 2.76. The summed E-state index contributed by atoms with van der Waals surface area (Å²) in [5.41, 5.74) is 1.75. The summed E-state index contributed by atoms with van der Waals surface area (Å²) < 4.78 is 49.7. The second-order valence-electron chi connectivity index (χ2n) is 5.22. The minimum Gasteiger partial charge on any atom is -0.346 e. The van der Waals surface area contributed by atoms with Crippen LogP contribution >= 0.6 is 11.6 Å². The van der Waals surface area contributed by atoms with Crippen LogP contribution in [-0.2, 0) is 21.3 Å². The van der Waals surface area contributed by atoms with Gasteiger partial charge in [-0.3, -0.25) is 9.00 Å². The lowest BCUT2D eigenvalue weighted by Crippen LogP contribution is -2.36. The number of para-hydroxylation sites is 1. The van der Waals surface area contributed by atoms with Crippen LogP contribution in [0.1, 0.15) is 11.3 Å². The summed E-state index contributed by atoms with van der Waals surface area (Å²) >= 11 is 6.28. The molecule has 0 fully saturated rings. The summed E-state index contributed by atoms with van der Waals surface area (Å²) in [7, 11) is -1.71. The molecule has 5 nitrogen and oxygen atoms in total. The normalized spacial score (nSPS) is 12.8. The van der Waals surface area contributed by atoms with Gasteiger partial charge in [0.1, 0.15) is 17.5 Å². The van der Waals surface area contributed by atoms with Crippen molar-refractivity contribution >= 4 is 28.3 Å². The molecule has 1 heterocycles. The van der Waals surface area contributed by atoms with Crippen LogP contribution in [0.3, 0.4) is 0 Å². The molecular weight excluding hydrogens is 379 g/mol. The number of aromatic nitrogens is 2. The maximum atomic E-state index is 12.1. The largest absolute Gasteiger partial charge is 0.405 e. The number of halogens is 4. The number of hydrogen-bond acceptors (Lipinski definition) is 3. The zero-order chi connectivity index (χ0) is 18.6. The van der Waals surface area contributed by atoms with Crippen LogP contribution in [0.4, 0.5) is 13.2 Å². The molecule has 0 aliphatic carbocycles. The Bertz CT molecular complexity index is 778. The second-order valence-corrected chi connectivity index (χ2v) is 7.04. The number of hydrogen-bond donors (Lipinski definition) is 1. The number of carbonyl (C=O) groups excluding carboxylic acids is 1. The topological polar surface area (TPSA) is 64.0 Å². The summed E-state index contributed by atoms with van der Waals surface area (Å²) in [6, 6.07) is 9.05. The first-order chi connectivity index (χ1) is 11.7. The van der Waals surface area contributed by atoms with Gasteiger partial charge in [-0.15, -0.1) is 0 Å². The van der Waals surface area contributed by atoms with E-state index < -0.39 is 35.2 Å². The third kappa shape index (κ3) is 5.57. The zero-order valence-electron chi connectivity index (χ0n) is 13.1. The molecule has 10 heteroatoms. The standard InChI is InChI=1S/C15H15ClF3N3O2S/c1-10-12(7-25(24)8-13(23)20-9-15(17,18)19)14(16)22(21-10)11-5-3-2-4-6-11/h2-6H,7-9H2,1H3,(H,20,23)/t25-/m0/s1. The van der Waals surface area contributed by atoms with Gasteiger partial charge < -0.3 is 5.32 Å². The fraction of sp³-hybridized carbons (Fsp3) is 0.333. The van der Waals surface area contributed by atoms with E-state index >= 15 is 0 Å². The highest BCUT2D eigenvalue weighted by atomic mass is 35.5. The number of nitrogens with one attached hydrogen (secondary N) is 1. The molecular formula is C15H15ClF3N3O2S. The Balaban J connectivity index is 2.04. The van der Waals surface area contributed by atoms with E-state index in [9.17, 15) is 22.2 Å². The minimum absolute atomic E-state index is 0.0725. The third-order valence-corrected chi connectivity index (χ3v) is 4.79. The predicted molar refractivity (Wildman–Crippen MR) is 89.1 cm³/mol. The van der Waals surface area contributed by atoms with Gasteiger partial charge in [-0.05, 0) is 19.1 Å². The summed E-state index contributed by atoms with van der Waals surface area (Å²) in [5, 5.41) is 6.23. The SMILES string of the molecule is Cc1nn(-c2ccccc2)c(Cl)c1C[S@](=O)CC(=O)NCC(F)(F)F. The Hall–Kier alpha value is -1.87. The highest BCUT2D eigenvalue weighted by Crippen LogP contribution is 2.24. The van der Waals surface area contributed by atoms with Gasteiger partial charge in [-0.2, -0.15) is 18.3 Å². The Labute approximate surface area is 149 Å². The highest BCUT2D eigenvalue weighted by molar-refractivity contribution is 7.84. The van der Waals surface area contributed by atoms with Crippen molar-refractivity contribution in [1.29, 1.82) is 0 Å². The van der Waals surface area contributed by atoms with Crippen LogP contribution < -0.4 is 5.32 Å². The summed E-state index contributed by atoms with van der Waals surface area (Å²) in [5.74, 6) is -1.54. The highest BCUT2D eigenvalue weighted by Gasteiger charge is 2.28. The van der Waals surface area contributed by atoms with Crippen molar-refractivity contribution in [3.8, 4) is 5.69 Å². The molecule has 2 rings (SSSR count). The van der Waals surface area contributed by atoms with Crippen LogP contribution in [0, 0.1) is 6.92 Å². The summed E-state index contributed by atoms with van der Waals surface area (Å²) in [6.07, 6.45) is -4.51. The maximum Gasteiger partial charge on any atom is 0.405 e. The zero-order valence-corrected chi connectivity index (χ0v) is 14.7. The monoisotopic (exact) mass is 393 g/mol. The van der Waals surface area contributed by atoms with Gasteiger partial charge in [0.25, 0.3) is 0 Å². The van der Waals surface area contributed by atoms with Crippen LogP contribution in [0.2, 0.25) is 5.15 Å². The molecule has 0 bridgehead atoms. The maximum absolute atomic E-state index is 12.1. The molecule has 0 aliphatic heterocycles. The Morgan fingerprint density at radius 1 is 1.32 bits per heavy atom. The van der Waals surface area contributed by atoms with Crippen LogP contribution in [-0.4, -0.2) is 38.4 Å². The number of amides is 1. The van der Waals surface area contributed by atoms with E-state index in [-0.39, 0.29) is 10.9 Å². The number of benzene rings is 1. The third-order valence-electron chi connectivity index (χ3n) is 3.21. The van der Waals surface area contributed by atoms with E-state index in [1.807, 2.05) is 18.2 Å². The average molecular weight is 394 g/mol. The molecule has 0 spiro atoms. The minimum atomic E-state index is -4.51. The van der Waals surface area contributed by atoms with Gasteiger partial charge in [0.2, 0.25) is 5.91 Å². The molecule has 0 aliphatic rings. The average Bonchev–Trinajstić information content (AvgIpc) is 2.81. The molecule has 25 heavy (non-hydrogen) atoms. The van der Waals surface area contributed by atoms with E-state index in [1.54, 1.807) is 24.4 Å². The van der Waals surface area contributed by atoms with Crippen molar-refractivity contribution in [2.75, 3.05) is 12.3 Å². The Kier molecular flexibility index (Phi) is 6.23. The Morgan fingerprint density at radius 3 is 2.56 bits per heavy atom. The van der Waals surface area contributed by atoms with Crippen molar-refractivity contribution in [3.63, 3.8) is 0 Å². The fourth-order valence-corrected chi connectivity index (χ4v) is 3.63. The van der Waals surface area contributed by atoms with Crippen molar-refractivity contribution < 1.29 is 22.2 Å². The van der Waals surface area contributed by atoms with Gasteiger partial charge in [-0.25, -0.2) is 4.68 Å². The molecule has 1 aromatic heterocycles. The van der Waals surface area contributed by atoms with Gasteiger partial charge in [0.05, 0.1) is 17.1 Å². The van der Waals surface area contributed by atoms with Gasteiger partial charge in [-0.1, -0.05) is 29.8 Å². The second kappa shape index (κ2) is 8.01. The molecule has 136 valence electrons. The number of alkyl halides is 3. The van der Waals surface area contributed by atoms with E-state index in [0.29, 0.717) is 11.3 Å². The first kappa shape index (κ1) is 19.5. The number of aryl methyl sites for hydroxylation is 1. The lowest BCUT2D eigenvalue weighted by molar-refractivity contribution is -0.136. The quantitative estimate of drug-likeness (QED) is 0.820. The van der Waals surface area contributed by atoms with Crippen molar-refractivity contribution in [2.45, 2.75) is 18.9 Å². The lowest BCUT2D eigenvalue weighted by Gasteiger charge is -2.08. The number of carbonyl (C=O) groups is 1. The van der Waals surface area contributed by atoms with E-state index in [0.717, 1.165) is 5.69 Å². The smallest absolute Gasteiger partial charge is 0.346 e. The van der Waals surface area contributed by atoms with E-state index in [1.165, 1.54) is 4.68 Å². The van der Waals surface area contributed by atoms with Crippen molar-refractivity contribution in [2.24, 2.45) is 0 Å². The van der Waals surface area contributed by atoms with Gasteiger partial charge >= 0.3 is 6.18 Å². The first-order valence-electron chi connectivity index (χ1n) is 7.15. The summed E-state index contributed by atoms with van der Waals surface area (Å²) in [6.45, 7) is 0.232. The van der Waals surface area contributed by atoms with Gasteiger partial charge in [0.15, 0.2) is 0 Å². The molecule has 1 N–H and O–H groups in total.